The van der Waals surface area contributed by atoms with Crippen LogP contribution in [0, 0.1) is 0 Å². The van der Waals surface area contributed by atoms with Crippen molar-refractivity contribution in [2.24, 2.45) is 0 Å². The van der Waals surface area contributed by atoms with Gasteiger partial charge in [-0.3, -0.25) is 9.69 Å². The number of fused-ring (bicyclic) bond motifs is 1. The van der Waals surface area contributed by atoms with Gasteiger partial charge in [-0.1, -0.05) is 0 Å². The van der Waals surface area contributed by atoms with Gasteiger partial charge in [-0.25, -0.2) is 4.79 Å². The first-order valence-electron chi connectivity index (χ1n) is 5.55. The molecule has 2 saturated heterocycles. The molecule has 0 radical (unpaired) electrons. The van der Waals surface area contributed by atoms with Gasteiger partial charge in [-0.05, 0) is 33.6 Å². The minimum absolute atomic E-state index is 0.0179. The van der Waals surface area contributed by atoms with E-state index in [9.17, 15) is 9.59 Å². The summed E-state index contributed by atoms with van der Waals surface area (Å²) < 4.78 is 0. The van der Waals surface area contributed by atoms with Crippen LogP contribution in [0.4, 0.5) is 4.79 Å². The Labute approximate surface area is 90.2 Å². The summed E-state index contributed by atoms with van der Waals surface area (Å²) in [5, 5.41) is 0. The minimum atomic E-state index is -0.401. The molecule has 4 heteroatoms. The Hall–Kier alpha value is -1.06. The summed E-state index contributed by atoms with van der Waals surface area (Å²) in [5.41, 5.74) is -0.401. The van der Waals surface area contributed by atoms with E-state index >= 15 is 0 Å². The molecule has 15 heavy (non-hydrogen) atoms. The summed E-state index contributed by atoms with van der Waals surface area (Å²) >= 11 is 0. The second-order valence-corrected chi connectivity index (χ2v) is 5.38. The molecule has 0 aromatic carbocycles. The van der Waals surface area contributed by atoms with Gasteiger partial charge in [0.1, 0.15) is 0 Å². The van der Waals surface area contributed by atoms with Gasteiger partial charge in [-0.15, -0.1) is 0 Å². The average molecular weight is 210 g/mol. The van der Waals surface area contributed by atoms with Crippen molar-refractivity contribution in [3.05, 3.63) is 0 Å². The van der Waals surface area contributed by atoms with Gasteiger partial charge in [0.05, 0.1) is 0 Å². The maximum atomic E-state index is 12.1. The van der Waals surface area contributed by atoms with Crippen LogP contribution in [0.15, 0.2) is 0 Å². The Morgan fingerprint density at radius 1 is 1.27 bits per heavy atom. The molecule has 1 atom stereocenters. The summed E-state index contributed by atoms with van der Waals surface area (Å²) in [4.78, 5) is 27.2. The van der Waals surface area contributed by atoms with Crippen LogP contribution in [-0.4, -0.2) is 39.9 Å². The van der Waals surface area contributed by atoms with Crippen LogP contribution >= 0.6 is 0 Å². The molecular formula is C11H18N2O2. The normalized spacial score (nSPS) is 27.3. The summed E-state index contributed by atoms with van der Waals surface area (Å²) in [6.07, 6.45) is 2.51. The SMILES string of the molecule is CC(C)(C)N1C(=O)CC2CCCN2C1=O. The summed E-state index contributed by atoms with van der Waals surface area (Å²) in [5.74, 6) is -0.0179. The number of rotatable bonds is 0. The van der Waals surface area contributed by atoms with Crippen LogP contribution < -0.4 is 0 Å². The fourth-order valence-electron chi connectivity index (χ4n) is 2.49. The highest BCUT2D eigenvalue weighted by Crippen LogP contribution is 2.30. The third-order valence-electron chi connectivity index (χ3n) is 3.14. The predicted octanol–water partition coefficient (Wildman–Crippen LogP) is 1.60. The molecule has 4 nitrogen and oxygen atoms in total. The maximum Gasteiger partial charge on any atom is 0.327 e. The van der Waals surface area contributed by atoms with E-state index in [-0.39, 0.29) is 18.0 Å². The number of hydrogen-bond donors (Lipinski definition) is 0. The van der Waals surface area contributed by atoms with Crippen LogP contribution in [0.5, 0.6) is 0 Å². The van der Waals surface area contributed by atoms with Crippen molar-refractivity contribution >= 4 is 11.9 Å². The Morgan fingerprint density at radius 3 is 2.53 bits per heavy atom. The Kier molecular flexibility index (Phi) is 2.24. The van der Waals surface area contributed by atoms with Gasteiger partial charge in [0.15, 0.2) is 0 Å². The van der Waals surface area contributed by atoms with Gasteiger partial charge < -0.3 is 4.90 Å². The van der Waals surface area contributed by atoms with Crippen LogP contribution in [-0.2, 0) is 4.79 Å². The van der Waals surface area contributed by atoms with Crippen molar-refractivity contribution in [1.29, 1.82) is 0 Å². The van der Waals surface area contributed by atoms with E-state index < -0.39 is 5.54 Å². The molecule has 1 unspecified atom stereocenters. The van der Waals surface area contributed by atoms with E-state index in [2.05, 4.69) is 0 Å². The molecule has 0 spiro atoms. The van der Waals surface area contributed by atoms with E-state index in [0.29, 0.717) is 6.42 Å². The first-order valence-corrected chi connectivity index (χ1v) is 5.55. The maximum absolute atomic E-state index is 12.1. The first-order chi connectivity index (χ1) is 6.91. The number of hydrogen-bond acceptors (Lipinski definition) is 2. The average Bonchev–Trinajstić information content (AvgIpc) is 2.48. The summed E-state index contributed by atoms with van der Waals surface area (Å²) in [7, 11) is 0. The molecule has 2 heterocycles. The fraction of sp³-hybridized carbons (Fsp3) is 0.818. The molecule has 2 aliphatic rings. The van der Waals surface area contributed by atoms with Crippen LogP contribution in [0.25, 0.3) is 0 Å². The second-order valence-electron chi connectivity index (χ2n) is 5.38. The fourth-order valence-corrected chi connectivity index (χ4v) is 2.49. The highest BCUT2D eigenvalue weighted by atomic mass is 16.2. The van der Waals surface area contributed by atoms with E-state index in [1.165, 1.54) is 4.90 Å². The standard InChI is InChI=1S/C11H18N2O2/c1-11(2,3)13-9(14)7-8-5-4-6-12(8)10(13)15/h8H,4-7H2,1-3H3. The Bertz CT molecular complexity index is 306. The van der Waals surface area contributed by atoms with E-state index in [4.69, 9.17) is 0 Å². The van der Waals surface area contributed by atoms with E-state index in [0.717, 1.165) is 19.4 Å². The van der Waals surface area contributed by atoms with Crippen molar-refractivity contribution in [2.75, 3.05) is 6.54 Å². The summed E-state index contributed by atoms with van der Waals surface area (Å²) in [6.45, 7) is 6.51. The van der Waals surface area contributed by atoms with Crippen molar-refractivity contribution in [3.8, 4) is 0 Å². The largest absolute Gasteiger partial charge is 0.327 e. The van der Waals surface area contributed by atoms with Crippen molar-refractivity contribution in [2.45, 2.75) is 51.6 Å². The second kappa shape index (κ2) is 3.22. The van der Waals surface area contributed by atoms with Crippen LogP contribution in [0.3, 0.4) is 0 Å². The lowest BCUT2D eigenvalue weighted by Crippen LogP contribution is -2.60. The topological polar surface area (TPSA) is 40.6 Å². The number of imide groups is 1. The third kappa shape index (κ3) is 1.62. The van der Waals surface area contributed by atoms with Gasteiger partial charge in [0.2, 0.25) is 5.91 Å². The van der Waals surface area contributed by atoms with Gasteiger partial charge >= 0.3 is 6.03 Å². The van der Waals surface area contributed by atoms with Crippen molar-refractivity contribution < 1.29 is 9.59 Å². The lowest BCUT2D eigenvalue weighted by atomic mass is 10.0. The minimum Gasteiger partial charge on any atom is -0.321 e. The first kappa shape index (κ1) is 10.5. The predicted molar refractivity (Wildman–Crippen MR) is 56.3 cm³/mol. The lowest BCUT2D eigenvalue weighted by molar-refractivity contribution is -0.136. The zero-order valence-corrected chi connectivity index (χ0v) is 9.62. The number of amides is 3. The molecular weight excluding hydrogens is 192 g/mol. The molecule has 0 aromatic rings. The Balaban J connectivity index is 2.26. The number of urea groups is 1. The molecule has 0 saturated carbocycles. The number of nitrogens with zero attached hydrogens (tertiary/aromatic N) is 2. The van der Waals surface area contributed by atoms with Crippen molar-refractivity contribution in [1.82, 2.24) is 9.80 Å². The molecule has 2 aliphatic heterocycles. The molecule has 84 valence electrons. The number of carbonyl (C=O) groups excluding carboxylic acids is 2. The number of carbonyl (C=O) groups is 2. The van der Waals surface area contributed by atoms with Crippen molar-refractivity contribution in [3.63, 3.8) is 0 Å². The molecule has 0 bridgehead atoms. The summed E-state index contributed by atoms with van der Waals surface area (Å²) in [6, 6.07) is 0.0739. The van der Waals surface area contributed by atoms with E-state index in [1.807, 2.05) is 25.7 Å². The van der Waals surface area contributed by atoms with Gasteiger partial charge in [0.25, 0.3) is 0 Å². The Morgan fingerprint density at radius 2 is 1.93 bits per heavy atom. The van der Waals surface area contributed by atoms with Crippen LogP contribution in [0.2, 0.25) is 0 Å². The monoisotopic (exact) mass is 210 g/mol. The molecule has 0 N–H and O–H groups in total. The van der Waals surface area contributed by atoms with Gasteiger partial charge in [0, 0.05) is 24.5 Å². The highest BCUT2D eigenvalue weighted by Gasteiger charge is 2.44. The van der Waals surface area contributed by atoms with Crippen LogP contribution in [0.1, 0.15) is 40.0 Å². The van der Waals surface area contributed by atoms with E-state index in [1.54, 1.807) is 0 Å². The molecule has 0 aliphatic carbocycles. The molecule has 0 aromatic heterocycles. The lowest BCUT2D eigenvalue weighted by Gasteiger charge is -2.42. The smallest absolute Gasteiger partial charge is 0.321 e. The quantitative estimate of drug-likeness (QED) is 0.609. The molecule has 3 amide bonds. The zero-order valence-electron chi connectivity index (χ0n) is 9.62. The molecule has 2 rings (SSSR count). The zero-order chi connectivity index (χ0) is 11.2. The highest BCUT2D eigenvalue weighted by molar-refractivity contribution is 5.98. The van der Waals surface area contributed by atoms with Gasteiger partial charge in [-0.2, -0.15) is 0 Å². The third-order valence-corrected chi connectivity index (χ3v) is 3.14. The molecule has 2 fully saturated rings.